The summed E-state index contributed by atoms with van der Waals surface area (Å²) in [5, 5.41) is 2.85. The first-order chi connectivity index (χ1) is 15.1. The Morgan fingerprint density at radius 1 is 0.781 bits per heavy atom. The lowest BCUT2D eigenvalue weighted by Gasteiger charge is -2.22. The number of nitrogens with one attached hydrogen (secondary N) is 1. The van der Waals surface area contributed by atoms with E-state index in [-0.39, 0.29) is 17.9 Å². The van der Waals surface area contributed by atoms with Gasteiger partial charge >= 0.3 is 18.0 Å². The van der Waals surface area contributed by atoms with Gasteiger partial charge in [-0.05, 0) is 74.9 Å². The zero-order valence-corrected chi connectivity index (χ0v) is 19.3. The van der Waals surface area contributed by atoms with E-state index in [1.54, 1.807) is 24.3 Å². The Hall–Kier alpha value is -3.35. The highest BCUT2D eigenvalue weighted by atomic mass is 16.6. The first-order valence-electron chi connectivity index (χ1n) is 10.4. The minimum atomic E-state index is -0.576. The molecule has 7 nitrogen and oxygen atoms in total. The normalized spacial score (nSPS) is 11.1. The van der Waals surface area contributed by atoms with Crippen molar-refractivity contribution in [1.82, 2.24) is 5.32 Å². The van der Waals surface area contributed by atoms with E-state index in [0.29, 0.717) is 30.5 Å². The van der Waals surface area contributed by atoms with Gasteiger partial charge in [-0.2, -0.15) is 0 Å². The fourth-order valence-corrected chi connectivity index (χ4v) is 3.21. The molecule has 0 bridgehead atoms. The number of amides is 1. The van der Waals surface area contributed by atoms with Gasteiger partial charge in [-0.3, -0.25) is 0 Å². The second-order valence-corrected chi connectivity index (χ2v) is 8.53. The molecule has 2 aromatic carbocycles. The van der Waals surface area contributed by atoms with Crippen LogP contribution in [0.1, 0.15) is 52.6 Å². The van der Waals surface area contributed by atoms with Crippen LogP contribution >= 0.6 is 0 Å². The molecule has 0 spiro atoms. The fourth-order valence-electron chi connectivity index (χ4n) is 3.21. The maximum atomic E-state index is 12.1. The third-order valence-corrected chi connectivity index (χ3v) is 4.73. The molecule has 0 aliphatic heterocycles. The molecule has 2 aromatic rings. The molecule has 0 heterocycles. The third-order valence-electron chi connectivity index (χ3n) is 4.73. The zero-order valence-electron chi connectivity index (χ0n) is 19.3. The van der Waals surface area contributed by atoms with Gasteiger partial charge in [-0.1, -0.05) is 24.3 Å². The SMILES string of the molecule is COC(=O)c1ccc(CC(CNC(=O)OC(C)(C)C)Cc2ccc(C(=O)OC)cc2)cc1. The molecule has 1 N–H and O–H groups in total. The average Bonchev–Trinajstić information content (AvgIpc) is 2.76. The highest BCUT2D eigenvalue weighted by molar-refractivity contribution is 5.89. The van der Waals surface area contributed by atoms with Crippen LogP contribution in [0.25, 0.3) is 0 Å². The number of methoxy groups -OCH3 is 2. The van der Waals surface area contributed by atoms with E-state index in [4.69, 9.17) is 14.2 Å². The summed E-state index contributed by atoms with van der Waals surface area (Å²) >= 11 is 0. The Labute approximate surface area is 189 Å². The van der Waals surface area contributed by atoms with E-state index >= 15 is 0 Å². The predicted molar refractivity (Wildman–Crippen MR) is 121 cm³/mol. The van der Waals surface area contributed by atoms with Crippen molar-refractivity contribution in [3.05, 3.63) is 70.8 Å². The molecule has 0 unspecified atom stereocenters. The molecule has 0 aromatic heterocycles. The molecule has 7 heteroatoms. The van der Waals surface area contributed by atoms with Gasteiger partial charge in [0.25, 0.3) is 0 Å². The van der Waals surface area contributed by atoms with Crippen LogP contribution in [0, 0.1) is 5.92 Å². The summed E-state index contributed by atoms with van der Waals surface area (Å²) in [6.45, 7) is 5.85. The highest BCUT2D eigenvalue weighted by Gasteiger charge is 2.19. The molecule has 0 aliphatic rings. The maximum Gasteiger partial charge on any atom is 0.407 e. The summed E-state index contributed by atoms with van der Waals surface area (Å²) in [7, 11) is 2.69. The van der Waals surface area contributed by atoms with Crippen LogP contribution in [0.4, 0.5) is 4.79 Å². The molecule has 0 saturated carbocycles. The van der Waals surface area contributed by atoms with Crippen molar-refractivity contribution in [3.8, 4) is 0 Å². The van der Waals surface area contributed by atoms with Crippen LogP contribution in [0.2, 0.25) is 0 Å². The largest absolute Gasteiger partial charge is 0.465 e. The molecule has 0 saturated heterocycles. The van der Waals surface area contributed by atoms with Crippen LogP contribution in [-0.2, 0) is 27.1 Å². The number of benzene rings is 2. The molecule has 0 atom stereocenters. The highest BCUT2D eigenvalue weighted by Crippen LogP contribution is 2.17. The van der Waals surface area contributed by atoms with E-state index in [0.717, 1.165) is 11.1 Å². The standard InChI is InChI=1S/C25H31NO6/c1-25(2,3)32-24(29)26-16-19(14-17-6-10-20(11-7-17)22(27)30-4)15-18-8-12-21(13-9-18)23(28)31-5/h6-13,19H,14-16H2,1-5H3,(H,26,29). The van der Waals surface area contributed by atoms with Crippen LogP contribution in [-0.4, -0.2) is 44.4 Å². The number of carbonyl (C=O) groups is 3. The Kier molecular flexibility index (Phi) is 8.81. The molecule has 2 rings (SSSR count). The Balaban J connectivity index is 2.12. The topological polar surface area (TPSA) is 90.9 Å². The van der Waals surface area contributed by atoms with Crippen molar-refractivity contribution in [1.29, 1.82) is 0 Å². The molecule has 0 aliphatic carbocycles. The Morgan fingerprint density at radius 3 is 1.53 bits per heavy atom. The molecule has 0 fully saturated rings. The Bertz CT molecular complexity index is 851. The van der Waals surface area contributed by atoms with Gasteiger partial charge in [0.2, 0.25) is 0 Å². The number of rotatable bonds is 8. The van der Waals surface area contributed by atoms with Crippen molar-refractivity contribution in [2.75, 3.05) is 20.8 Å². The Morgan fingerprint density at radius 2 is 1.19 bits per heavy atom. The summed E-state index contributed by atoms with van der Waals surface area (Å²) in [5.41, 5.74) is 2.45. The first-order valence-corrected chi connectivity index (χ1v) is 10.4. The van der Waals surface area contributed by atoms with E-state index < -0.39 is 11.7 Å². The summed E-state index contributed by atoms with van der Waals surface area (Å²) in [6.07, 6.45) is 0.885. The maximum absolute atomic E-state index is 12.1. The summed E-state index contributed by atoms with van der Waals surface area (Å²) in [5.74, 6) is -0.703. The van der Waals surface area contributed by atoms with Gasteiger partial charge in [0.05, 0.1) is 25.3 Å². The predicted octanol–water partition coefficient (Wildman–Crippen LogP) is 4.19. The van der Waals surface area contributed by atoms with Crippen LogP contribution in [0.5, 0.6) is 0 Å². The van der Waals surface area contributed by atoms with Gasteiger partial charge in [-0.25, -0.2) is 14.4 Å². The van der Waals surface area contributed by atoms with Gasteiger partial charge in [0.15, 0.2) is 0 Å². The quantitative estimate of drug-likeness (QED) is 0.488. The molecule has 1 amide bonds. The fraction of sp³-hybridized carbons (Fsp3) is 0.400. The third kappa shape index (κ3) is 8.06. The van der Waals surface area contributed by atoms with Crippen molar-refractivity contribution < 1.29 is 28.6 Å². The lowest BCUT2D eigenvalue weighted by Crippen LogP contribution is -2.36. The van der Waals surface area contributed by atoms with Crippen LogP contribution in [0.3, 0.4) is 0 Å². The smallest absolute Gasteiger partial charge is 0.407 e. The lowest BCUT2D eigenvalue weighted by atomic mass is 9.91. The number of ether oxygens (including phenoxy) is 3. The summed E-state index contributed by atoms with van der Waals surface area (Å²) in [4.78, 5) is 35.5. The number of hydrogen-bond acceptors (Lipinski definition) is 6. The second kappa shape index (κ2) is 11.3. The van der Waals surface area contributed by atoms with Crippen molar-refractivity contribution >= 4 is 18.0 Å². The summed E-state index contributed by atoms with van der Waals surface area (Å²) in [6, 6.07) is 14.4. The van der Waals surface area contributed by atoms with Crippen molar-refractivity contribution in [2.45, 2.75) is 39.2 Å². The van der Waals surface area contributed by atoms with E-state index in [2.05, 4.69) is 5.32 Å². The van der Waals surface area contributed by atoms with Gasteiger partial charge < -0.3 is 19.5 Å². The molecule has 0 radical (unpaired) electrons. The van der Waals surface area contributed by atoms with E-state index in [1.807, 2.05) is 45.0 Å². The van der Waals surface area contributed by atoms with Gasteiger partial charge in [-0.15, -0.1) is 0 Å². The number of carbonyl (C=O) groups excluding carboxylic acids is 3. The lowest BCUT2D eigenvalue weighted by molar-refractivity contribution is 0.0516. The monoisotopic (exact) mass is 441 g/mol. The molecule has 32 heavy (non-hydrogen) atoms. The van der Waals surface area contributed by atoms with E-state index in [9.17, 15) is 14.4 Å². The van der Waals surface area contributed by atoms with Crippen LogP contribution < -0.4 is 5.32 Å². The minimum absolute atomic E-state index is 0.0653. The van der Waals surface area contributed by atoms with Gasteiger partial charge in [0, 0.05) is 6.54 Å². The van der Waals surface area contributed by atoms with E-state index in [1.165, 1.54) is 14.2 Å². The molecular formula is C25H31NO6. The molecule has 172 valence electrons. The zero-order chi connectivity index (χ0) is 23.7. The first kappa shape index (κ1) is 24.9. The molecular weight excluding hydrogens is 410 g/mol. The van der Waals surface area contributed by atoms with Gasteiger partial charge in [0.1, 0.15) is 5.60 Å². The second-order valence-electron chi connectivity index (χ2n) is 8.53. The van der Waals surface area contributed by atoms with Crippen molar-refractivity contribution in [3.63, 3.8) is 0 Å². The summed E-state index contributed by atoms with van der Waals surface area (Å²) < 4.78 is 14.8. The van der Waals surface area contributed by atoms with Crippen LogP contribution in [0.15, 0.2) is 48.5 Å². The number of esters is 2. The number of hydrogen-bond donors (Lipinski definition) is 1. The number of alkyl carbamates (subject to hydrolysis) is 1. The van der Waals surface area contributed by atoms with Crippen molar-refractivity contribution in [2.24, 2.45) is 5.92 Å². The average molecular weight is 442 g/mol. The minimum Gasteiger partial charge on any atom is -0.465 e.